The van der Waals surface area contributed by atoms with Crippen molar-refractivity contribution in [3.8, 4) is 10.6 Å². The molecule has 0 unspecified atom stereocenters. The minimum absolute atomic E-state index is 0.794. The molecule has 0 amide bonds. The van der Waals surface area contributed by atoms with Gasteiger partial charge in [0.1, 0.15) is 10.0 Å². The van der Waals surface area contributed by atoms with Crippen LogP contribution in [0.1, 0.15) is 5.69 Å². The van der Waals surface area contributed by atoms with Crippen molar-refractivity contribution in [2.45, 2.75) is 6.92 Å². The number of anilines is 1. The number of halogens is 1. The molecule has 2 nitrogen and oxygen atoms in total. The fraction of sp³-hybridized carbons (Fsp3) is 0.100. The lowest BCUT2D eigenvalue weighted by Gasteiger charge is -1.95. The third kappa shape index (κ3) is 1.81. The first-order valence-corrected chi connectivity index (χ1v) is 5.76. The summed E-state index contributed by atoms with van der Waals surface area (Å²) < 4.78 is 1.07. The highest BCUT2D eigenvalue weighted by Crippen LogP contribution is 2.29. The Labute approximate surface area is 94.9 Å². The van der Waals surface area contributed by atoms with Gasteiger partial charge in [0.05, 0.1) is 5.69 Å². The van der Waals surface area contributed by atoms with E-state index in [2.05, 4.69) is 20.9 Å². The van der Waals surface area contributed by atoms with E-state index in [4.69, 9.17) is 5.73 Å². The van der Waals surface area contributed by atoms with Crippen LogP contribution in [-0.2, 0) is 0 Å². The SMILES string of the molecule is Cc1nc(-c2ccc(Br)cc2)sc1N. The second-order valence-electron chi connectivity index (χ2n) is 2.98. The van der Waals surface area contributed by atoms with Gasteiger partial charge >= 0.3 is 0 Å². The minimum Gasteiger partial charge on any atom is -0.389 e. The molecule has 0 bridgehead atoms. The van der Waals surface area contributed by atoms with Gasteiger partial charge in [-0.25, -0.2) is 4.98 Å². The Morgan fingerprint density at radius 1 is 1.29 bits per heavy atom. The van der Waals surface area contributed by atoms with Gasteiger partial charge in [-0.2, -0.15) is 0 Å². The first-order chi connectivity index (χ1) is 6.66. The number of nitrogens with zero attached hydrogens (tertiary/aromatic N) is 1. The Hall–Kier alpha value is -0.870. The van der Waals surface area contributed by atoms with Crippen LogP contribution in [0.4, 0.5) is 5.00 Å². The van der Waals surface area contributed by atoms with E-state index < -0.39 is 0 Å². The summed E-state index contributed by atoms with van der Waals surface area (Å²) in [6, 6.07) is 8.06. The number of rotatable bonds is 1. The van der Waals surface area contributed by atoms with Crippen LogP contribution in [0.5, 0.6) is 0 Å². The first kappa shape index (κ1) is 9.68. The van der Waals surface area contributed by atoms with Gasteiger partial charge in [0, 0.05) is 10.0 Å². The van der Waals surface area contributed by atoms with Crippen LogP contribution in [0.2, 0.25) is 0 Å². The predicted octanol–water partition coefficient (Wildman–Crippen LogP) is 3.46. The maximum Gasteiger partial charge on any atom is 0.125 e. The van der Waals surface area contributed by atoms with Crippen LogP contribution < -0.4 is 5.73 Å². The first-order valence-electron chi connectivity index (χ1n) is 4.15. The van der Waals surface area contributed by atoms with Gasteiger partial charge in [-0.05, 0) is 19.1 Å². The molecule has 1 heterocycles. The van der Waals surface area contributed by atoms with E-state index in [0.29, 0.717) is 0 Å². The summed E-state index contributed by atoms with van der Waals surface area (Å²) in [5, 5.41) is 1.77. The second-order valence-corrected chi connectivity index (χ2v) is 4.92. The summed E-state index contributed by atoms with van der Waals surface area (Å²) in [5.74, 6) is 0. The highest BCUT2D eigenvalue weighted by atomic mass is 79.9. The van der Waals surface area contributed by atoms with Gasteiger partial charge in [-0.15, -0.1) is 0 Å². The van der Waals surface area contributed by atoms with Crippen molar-refractivity contribution in [1.82, 2.24) is 4.98 Å². The number of aryl methyl sites for hydroxylation is 1. The maximum absolute atomic E-state index is 5.75. The summed E-state index contributed by atoms with van der Waals surface area (Å²) >= 11 is 4.92. The molecule has 1 aromatic carbocycles. The van der Waals surface area contributed by atoms with Crippen LogP contribution in [0.15, 0.2) is 28.7 Å². The van der Waals surface area contributed by atoms with E-state index in [-0.39, 0.29) is 0 Å². The molecule has 0 radical (unpaired) electrons. The van der Waals surface area contributed by atoms with Gasteiger partial charge in [-0.1, -0.05) is 39.4 Å². The number of thiazole rings is 1. The third-order valence-corrected chi connectivity index (χ3v) is 3.49. The second kappa shape index (κ2) is 3.71. The molecule has 0 fully saturated rings. The van der Waals surface area contributed by atoms with E-state index in [1.807, 2.05) is 31.2 Å². The summed E-state index contributed by atoms with van der Waals surface area (Å²) in [6.07, 6.45) is 0. The normalized spacial score (nSPS) is 10.4. The average Bonchev–Trinajstić information content (AvgIpc) is 2.48. The van der Waals surface area contributed by atoms with Gasteiger partial charge in [-0.3, -0.25) is 0 Å². The molecule has 4 heteroatoms. The molecule has 2 aromatic rings. The fourth-order valence-electron chi connectivity index (χ4n) is 1.12. The van der Waals surface area contributed by atoms with Crippen LogP contribution in [0.25, 0.3) is 10.6 Å². The largest absolute Gasteiger partial charge is 0.389 e. The summed E-state index contributed by atoms with van der Waals surface area (Å²) in [6.45, 7) is 1.92. The number of nitrogen functional groups attached to an aromatic ring is 1. The molecular weight excluding hydrogens is 260 g/mol. The van der Waals surface area contributed by atoms with E-state index in [1.54, 1.807) is 0 Å². The number of hydrogen-bond acceptors (Lipinski definition) is 3. The van der Waals surface area contributed by atoms with Crippen LogP contribution in [0, 0.1) is 6.92 Å². The highest BCUT2D eigenvalue weighted by molar-refractivity contribution is 9.10. The molecule has 2 rings (SSSR count). The number of aromatic nitrogens is 1. The van der Waals surface area contributed by atoms with Gasteiger partial charge in [0.25, 0.3) is 0 Å². The molecule has 0 spiro atoms. The third-order valence-electron chi connectivity index (χ3n) is 1.92. The van der Waals surface area contributed by atoms with E-state index in [9.17, 15) is 0 Å². The molecule has 0 atom stereocenters. The van der Waals surface area contributed by atoms with Crippen molar-refractivity contribution in [1.29, 1.82) is 0 Å². The highest BCUT2D eigenvalue weighted by Gasteiger charge is 2.05. The zero-order valence-electron chi connectivity index (χ0n) is 7.62. The van der Waals surface area contributed by atoms with Crippen molar-refractivity contribution in [2.75, 3.05) is 5.73 Å². The van der Waals surface area contributed by atoms with E-state index in [1.165, 1.54) is 11.3 Å². The lowest BCUT2D eigenvalue weighted by atomic mass is 10.2. The van der Waals surface area contributed by atoms with Crippen molar-refractivity contribution in [2.24, 2.45) is 0 Å². The van der Waals surface area contributed by atoms with E-state index >= 15 is 0 Å². The Kier molecular flexibility index (Phi) is 2.56. The Bertz CT molecular complexity index is 428. The number of nitrogens with two attached hydrogens (primary N) is 1. The Balaban J connectivity index is 2.44. The zero-order valence-corrected chi connectivity index (χ0v) is 10.0. The molecular formula is C10H9BrN2S. The van der Waals surface area contributed by atoms with Gasteiger partial charge in [0.15, 0.2) is 0 Å². The quantitative estimate of drug-likeness (QED) is 0.861. The van der Waals surface area contributed by atoms with Crippen molar-refractivity contribution < 1.29 is 0 Å². The average molecular weight is 269 g/mol. The summed E-state index contributed by atoms with van der Waals surface area (Å²) in [7, 11) is 0. The summed E-state index contributed by atoms with van der Waals surface area (Å²) in [5.41, 5.74) is 7.77. The van der Waals surface area contributed by atoms with Gasteiger partial charge in [0.2, 0.25) is 0 Å². The van der Waals surface area contributed by atoms with Crippen LogP contribution in [-0.4, -0.2) is 4.98 Å². The standard InChI is InChI=1S/C10H9BrN2S/c1-6-9(12)14-10(13-6)7-2-4-8(11)5-3-7/h2-5H,12H2,1H3. The number of hydrogen-bond donors (Lipinski definition) is 1. The van der Waals surface area contributed by atoms with Crippen molar-refractivity contribution in [3.05, 3.63) is 34.4 Å². The fourth-order valence-corrected chi connectivity index (χ4v) is 2.23. The molecule has 0 saturated carbocycles. The number of benzene rings is 1. The topological polar surface area (TPSA) is 38.9 Å². The zero-order chi connectivity index (χ0) is 10.1. The lowest BCUT2D eigenvalue weighted by Crippen LogP contribution is -1.81. The smallest absolute Gasteiger partial charge is 0.125 e. The molecule has 0 saturated heterocycles. The van der Waals surface area contributed by atoms with Crippen LogP contribution >= 0.6 is 27.3 Å². The molecule has 0 aliphatic rings. The van der Waals surface area contributed by atoms with Crippen LogP contribution in [0.3, 0.4) is 0 Å². The van der Waals surface area contributed by atoms with Crippen molar-refractivity contribution in [3.63, 3.8) is 0 Å². The summed E-state index contributed by atoms with van der Waals surface area (Å²) in [4.78, 5) is 4.39. The molecule has 0 aliphatic heterocycles. The Morgan fingerprint density at radius 3 is 2.43 bits per heavy atom. The lowest BCUT2D eigenvalue weighted by molar-refractivity contribution is 1.27. The Morgan fingerprint density at radius 2 is 1.93 bits per heavy atom. The molecule has 0 aliphatic carbocycles. The molecule has 1 aromatic heterocycles. The van der Waals surface area contributed by atoms with Gasteiger partial charge < -0.3 is 5.73 Å². The monoisotopic (exact) mass is 268 g/mol. The molecule has 14 heavy (non-hydrogen) atoms. The minimum atomic E-state index is 0.794. The maximum atomic E-state index is 5.75. The van der Waals surface area contributed by atoms with Crippen molar-refractivity contribution >= 4 is 32.3 Å². The molecule has 2 N–H and O–H groups in total. The molecule has 72 valence electrons. The van der Waals surface area contributed by atoms with E-state index in [0.717, 1.165) is 25.7 Å². The predicted molar refractivity (Wildman–Crippen MR) is 64.4 cm³/mol.